The first kappa shape index (κ1) is 16.8. The molecule has 3 aromatic rings. The Morgan fingerprint density at radius 1 is 1.00 bits per heavy atom. The van der Waals surface area contributed by atoms with Gasteiger partial charge in [0.1, 0.15) is 30.0 Å². The van der Waals surface area contributed by atoms with Crippen molar-refractivity contribution in [2.45, 2.75) is 13.0 Å². The molecule has 0 unspecified atom stereocenters. The molecule has 0 amide bonds. The Kier molecular flexibility index (Phi) is 5.14. The number of nitrogens with zero attached hydrogens (tertiary/aromatic N) is 1. The summed E-state index contributed by atoms with van der Waals surface area (Å²) in [6, 6.07) is 18.3. The normalized spacial score (nSPS) is 11.8. The molecule has 0 aliphatic heterocycles. The lowest BCUT2D eigenvalue weighted by Gasteiger charge is -2.16. The van der Waals surface area contributed by atoms with E-state index in [4.69, 9.17) is 9.47 Å². The minimum Gasteiger partial charge on any atom is -0.490 e. The molecule has 0 bridgehead atoms. The first-order chi connectivity index (χ1) is 12.1. The van der Waals surface area contributed by atoms with E-state index in [2.05, 4.69) is 0 Å². The number of para-hydroxylation sites is 1. The number of benzene rings is 2. The standard InChI is InChI=1S/C20H18FNO3/c1-15(14-24-18-5-3-2-4-6-18)25-19-11-12-22(20(23)13-19)17-9-7-16(21)8-10-17/h2-13,15H,14H2,1H3/t15-/m1/s1. The highest BCUT2D eigenvalue weighted by Gasteiger charge is 2.08. The van der Waals surface area contributed by atoms with Gasteiger partial charge in [-0.25, -0.2) is 4.39 Å². The van der Waals surface area contributed by atoms with Gasteiger partial charge in [0.15, 0.2) is 0 Å². The fraction of sp³-hybridized carbons (Fsp3) is 0.150. The molecular formula is C20H18FNO3. The average Bonchev–Trinajstić information content (AvgIpc) is 2.62. The first-order valence-corrected chi connectivity index (χ1v) is 7.95. The van der Waals surface area contributed by atoms with Crippen LogP contribution in [0.4, 0.5) is 4.39 Å². The maximum atomic E-state index is 13.0. The minimum absolute atomic E-state index is 0.221. The Bertz CT molecular complexity index is 875. The van der Waals surface area contributed by atoms with Gasteiger partial charge in [-0.2, -0.15) is 0 Å². The molecule has 128 valence electrons. The van der Waals surface area contributed by atoms with Gasteiger partial charge in [-0.3, -0.25) is 9.36 Å². The van der Waals surface area contributed by atoms with Crippen molar-refractivity contribution in [3.8, 4) is 17.2 Å². The molecule has 1 aromatic heterocycles. The number of ether oxygens (including phenoxy) is 2. The average molecular weight is 339 g/mol. The zero-order valence-electron chi connectivity index (χ0n) is 13.8. The van der Waals surface area contributed by atoms with Gasteiger partial charge in [0.05, 0.1) is 0 Å². The number of aromatic nitrogens is 1. The van der Waals surface area contributed by atoms with Crippen molar-refractivity contribution in [1.29, 1.82) is 0 Å². The summed E-state index contributed by atoms with van der Waals surface area (Å²) in [5.74, 6) is 0.890. The maximum Gasteiger partial charge on any atom is 0.258 e. The monoisotopic (exact) mass is 339 g/mol. The topological polar surface area (TPSA) is 40.5 Å². The van der Waals surface area contributed by atoms with Gasteiger partial charge in [0.2, 0.25) is 0 Å². The lowest BCUT2D eigenvalue weighted by atomic mass is 10.3. The van der Waals surface area contributed by atoms with Gasteiger partial charge in [-0.1, -0.05) is 18.2 Å². The van der Waals surface area contributed by atoms with E-state index in [1.807, 2.05) is 37.3 Å². The van der Waals surface area contributed by atoms with Crippen LogP contribution in [0, 0.1) is 5.82 Å². The SMILES string of the molecule is C[C@H](COc1ccccc1)Oc1ccn(-c2ccc(F)cc2)c(=O)c1. The van der Waals surface area contributed by atoms with Crippen LogP contribution < -0.4 is 15.0 Å². The van der Waals surface area contributed by atoms with Crippen molar-refractivity contribution in [2.75, 3.05) is 6.61 Å². The van der Waals surface area contributed by atoms with Crippen LogP contribution in [-0.2, 0) is 0 Å². The number of halogens is 1. The summed E-state index contributed by atoms with van der Waals surface area (Å²) in [6.45, 7) is 2.24. The summed E-state index contributed by atoms with van der Waals surface area (Å²) in [6.07, 6.45) is 1.39. The summed E-state index contributed by atoms with van der Waals surface area (Å²) >= 11 is 0. The molecule has 25 heavy (non-hydrogen) atoms. The molecule has 0 saturated heterocycles. The van der Waals surface area contributed by atoms with E-state index in [0.29, 0.717) is 18.0 Å². The fourth-order valence-corrected chi connectivity index (χ4v) is 2.35. The molecule has 5 heteroatoms. The van der Waals surface area contributed by atoms with Gasteiger partial charge in [-0.05, 0) is 49.4 Å². The van der Waals surface area contributed by atoms with Crippen LogP contribution in [0.3, 0.4) is 0 Å². The largest absolute Gasteiger partial charge is 0.490 e. The van der Waals surface area contributed by atoms with Crippen LogP contribution in [-0.4, -0.2) is 17.3 Å². The van der Waals surface area contributed by atoms with Crippen LogP contribution in [0.2, 0.25) is 0 Å². The molecular weight excluding hydrogens is 321 g/mol. The van der Waals surface area contributed by atoms with E-state index in [-0.39, 0.29) is 17.5 Å². The molecule has 0 spiro atoms. The molecule has 0 N–H and O–H groups in total. The van der Waals surface area contributed by atoms with E-state index < -0.39 is 0 Å². The molecule has 3 rings (SSSR count). The van der Waals surface area contributed by atoms with Crippen molar-refractivity contribution in [3.63, 3.8) is 0 Å². The van der Waals surface area contributed by atoms with Crippen molar-refractivity contribution >= 4 is 0 Å². The second-order valence-corrected chi connectivity index (χ2v) is 5.60. The maximum absolute atomic E-state index is 13.0. The van der Waals surface area contributed by atoms with E-state index in [1.54, 1.807) is 24.4 Å². The highest BCUT2D eigenvalue weighted by Crippen LogP contribution is 2.14. The van der Waals surface area contributed by atoms with Crippen molar-refractivity contribution in [1.82, 2.24) is 4.57 Å². The summed E-state index contributed by atoms with van der Waals surface area (Å²) < 4.78 is 25.8. The van der Waals surface area contributed by atoms with Crippen LogP contribution in [0.15, 0.2) is 77.7 Å². The molecule has 2 aromatic carbocycles. The number of hydrogen-bond donors (Lipinski definition) is 0. The molecule has 0 radical (unpaired) electrons. The lowest BCUT2D eigenvalue weighted by Crippen LogP contribution is -2.23. The summed E-state index contributed by atoms with van der Waals surface area (Å²) in [5.41, 5.74) is 0.346. The van der Waals surface area contributed by atoms with E-state index in [1.165, 1.54) is 22.8 Å². The van der Waals surface area contributed by atoms with Gasteiger partial charge < -0.3 is 9.47 Å². The zero-order valence-corrected chi connectivity index (χ0v) is 13.8. The summed E-state index contributed by atoms with van der Waals surface area (Å²) in [4.78, 5) is 12.2. The van der Waals surface area contributed by atoms with Gasteiger partial charge in [0.25, 0.3) is 5.56 Å². The Morgan fingerprint density at radius 2 is 1.72 bits per heavy atom. The Morgan fingerprint density at radius 3 is 2.40 bits per heavy atom. The number of rotatable bonds is 6. The Hall–Kier alpha value is -3.08. The van der Waals surface area contributed by atoms with Crippen LogP contribution in [0.25, 0.3) is 5.69 Å². The van der Waals surface area contributed by atoms with Gasteiger partial charge in [-0.15, -0.1) is 0 Å². The van der Waals surface area contributed by atoms with Crippen molar-refractivity contribution in [3.05, 3.63) is 89.1 Å². The molecule has 1 atom stereocenters. The Labute approximate surface area is 145 Å². The van der Waals surface area contributed by atoms with E-state index in [0.717, 1.165) is 5.75 Å². The smallest absolute Gasteiger partial charge is 0.258 e. The third-order valence-corrected chi connectivity index (χ3v) is 3.56. The fourth-order valence-electron chi connectivity index (χ4n) is 2.35. The van der Waals surface area contributed by atoms with Gasteiger partial charge >= 0.3 is 0 Å². The lowest BCUT2D eigenvalue weighted by molar-refractivity contribution is 0.143. The van der Waals surface area contributed by atoms with Crippen molar-refractivity contribution in [2.24, 2.45) is 0 Å². The second kappa shape index (κ2) is 7.66. The predicted octanol–water partition coefficient (Wildman–Crippen LogP) is 3.82. The third kappa shape index (κ3) is 4.47. The number of pyridine rings is 1. The predicted molar refractivity (Wildman–Crippen MR) is 94.0 cm³/mol. The molecule has 0 aliphatic carbocycles. The second-order valence-electron chi connectivity index (χ2n) is 5.60. The first-order valence-electron chi connectivity index (χ1n) is 7.95. The molecule has 0 aliphatic rings. The molecule has 1 heterocycles. The molecule has 0 saturated carbocycles. The van der Waals surface area contributed by atoms with Crippen molar-refractivity contribution < 1.29 is 13.9 Å². The van der Waals surface area contributed by atoms with Crippen LogP contribution in [0.1, 0.15) is 6.92 Å². The quantitative estimate of drug-likeness (QED) is 0.685. The van der Waals surface area contributed by atoms with Crippen LogP contribution in [0.5, 0.6) is 11.5 Å². The highest BCUT2D eigenvalue weighted by atomic mass is 19.1. The van der Waals surface area contributed by atoms with E-state index in [9.17, 15) is 9.18 Å². The third-order valence-electron chi connectivity index (χ3n) is 3.56. The Balaban J connectivity index is 1.64. The molecule has 0 fully saturated rings. The summed E-state index contributed by atoms with van der Waals surface area (Å²) in [5, 5.41) is 0. The van der Waals surface area contributed by atoms with Crippen LogP contribution >= 0.6 is 0 Å². The number of hydrogen-bond acceptors (Lipinski definition) is 3. The molecule has 4 nitrogen and oxygen atoms in total. The van der Waals surface area contributed by atoms with Gasteiger partial charge in [0, 0.05) is 18.0 Å². The minimum atomic E-state index is -0.344. The summed E-state index contributed by atoms with van der Waals surface area (Å²) in [7, 11) is 0. The zero-order chi connectivity index (χ0) is 17.6. The van der Waals surface area contributed by atoms with E-state index >= 15 is 0 Å². The highest BCUT2D eigenvalue weighted by molar-refractivity contribution is 5.34.